The van der Waals surface area contributed by atoms with Gasteiger partial charge in [-0.1, -0.05) is 12.2 Å². The quantitative estimate of drug-likeness (QED) is 0.256. The lowest BCUT2D eigenvalue weighted by atomic mass is 9.58. The van der Waals surface area contributed by atoms with E-state index in [2.05, 4.69) is 12.6 Å². The normalized spacial score (nSPS) is 43.7. The molecule has 4 heteroatoms. The summed E-state index contributed by atoms with van der Waals surface area (Å²) in [6, 6.07) is 0. The molecule has 4 saturated carbocycles. The molecular formula is C22H26O3S. The first-order valence-corrected chi connectivity index (χ1v) is 10.6. The zero-order chi connectivity index (χ0) is 18.1. The van der Waals surface area contributed by atoms with Crippen LogP contribution < -0.4 is 0 Å². The molecule has 0 radical (unpaired) electrons. The third-order valence-corrected chi connectivity index (χ3v) is 8.26. The number of rotatable bonds is 3. The van der Waals surface area contributed by atoms with E-state index in [0.29, 0.717) is 22.8 Å². The van der Waals surface area contributed by atoms with Gasteiger partial charge in [0.05, 0.1) is 5.57 Å². The minimum Gasteiger partial charge on any atom is -0.389 e. The van der Waals surface area contributed by atoms with Gasteiger partial charge < -0.3 is 4.74 Å². The van der Waals surface area contributed by atoms with Gasteiger partial charge in [-0.15, -0.1) is 0 Å². The average Bonchev–Trinajstić information content (AvgIpc) is 3.28. The maximum atomic E-state index is 13.0. The van der Waals surface area contributed by atoms with Crippen molar-refractivity contribution < 1.29 is 14.3 Å². The van der Waals surface area contributed by atoms with Gasteiger partial charge in [-0.3, -0.25) is 4.79 Å². The molecule has 0 bridgehead atoms. The molecule has 4 aliphatic carbocycles. The van der Waals surface area contributed by atoms with Gasteiger partial charge in [0.25, 0.3) is 0 Å². The molecule has 0 N–H and O–H groups in total. The van der Waals surface area contributed by atoms with Crippen LogP contribution in [0.25, 0.3) is 0 Å². The minimum absolute atomic E-state index is 0.274. The molecule has 26 heavy (non-hydrogen) atoms. The summed E-state index contributed by atoms with van der Waals surface area (Å²) >= 11 is 4.41. The molecule has 138 valence electrons. The number of carbonyl (C=O) groups is 2. The summed E-state index contributed by atoms with van der Waals surface area (Å²) in [4.78, 5) is 25.9. The second kappa shape index (κ2) is 5.60. The van der Waals surface area contributed by atoms with Gasteiger partial charge in [0, 0.05) is 0 Å². The highest BCUT2D eigenvalue weighted by molar-refractivity contribution is 7.83. The molecule has 4 atom stereocenters. The molecule has 5 fully saturated rings. The van der Waals surface area contributed by atoms with Crippen molar-refractivity contribution in [2.24, 2.45) is 28.6 Å². The first-order chi connectivity index (χ1) is 12.6. The van der Waals surface area contributed by atoms with Gasteiger partial charge >= 0.3 is 11.9 Å². The molecule has 0 aromatic rings. The standard InChI is InChI=1S/C22H26O3S/c1-2-3-14(11-26)17(13-4-5-13)18-19(23)25-20(24)22(18)10-16-7-6-15-8-9-21(15,16)12-22/h2-3,11,13,15-16,26H,4-10,12H2,1H3/b3-2-,14-11+,18-17+. The van der Waals surface area contributed by atoms with Crippen molar-refractivity contribution in [3.63, 3.8) is 0 Å². The fourth-order valence-corrected chi connectivity index (χ4v) is 6.92. The van der Waals surface area contributed by atoms with Crippen molar-refractivity contribution >= 4 is 24.6 Å². The van der Waals surface area contributed by atoms with Crippen LogP contribution >= 0.6 is 12.6 Å². The zero-order valence-corrected chi connectivity index (χ0v) is 16.2. The van der Waals surface area contributed by atoms with Crippen molar-refractivity contribution in [3.8, 4) is 0 Å². The Labute approximate surface area is 160 Å². The average molecular weight is 371 g/mol. The molecule has 1 aliphatic heterocycles. The van der Waals surface area contributed by atoms with E-state index in [-0.39, 0.29) is 11.9 Å². The van der Waals surface area contributed by atoms with E-state index in [0.717, 1.165) is 42.7 Å². The number of hydrogen-bond donors (Lipinski definition) is 1. The van der Waals surface area contributed by atoms with E-state index in [1.165, 1.54) is 25.7 Å². The second-order valence-corrected chi connectivity index (χ2v) is 9.29. The van der Waals surface area contributed by atoms with E-state index < -0.39 is 5.41 Å². The highest BCUT2D eigenvalue weighted by Gasteiger charge is 2.70. The van der Waals surface area contributed by atoms with Gasteiger partial charge in [0.2, 0.25) is 0 Å². The topological polar surface area (TPSA) is 43.4 Å². The van der Waals surface area contributed by atoms with Crippen LogP contribution in [-0.2, 0) is 14.3 Å². The summed E-state index contributed by atoms with van der Waals surface area (Å²) in [5.74, 6) is 1.05. The Morgan fingerprint density at radius 1 is 1.15 bits per heavy atom. The molecule has 1 saturated heterocycles. The fourth-order valence-electron chi connectivity index (χ4n) is 6.70. The summed E-state index contributed by atoms with van der Waals surface area (Å²) in [6.07, 6.45) is 12.8. The van der Waals surface area contributed by atoms with E-state index >= 15 is 0 Å². The zero-order valence-electron chi connectivity index (χ0n) is 15.3. The lowest BCUT2D eigenvalue weighted by molar-refractivity contribution is -0.155. The predicted molar refractivity (Wildman–Crippen MR) is 102 cm³/mol. The lowest BCUT2D eigenvalue weighted by Gasteiger charge is -2.46. The summed E-state index contributed by atoms with van der Waals surface area (Å²) in [5, 5.41) is 1.78. The van der Waals surface area contributed by atoms with E-state index in [1.807, 2.05) is 19.1 Å². The number of carbonyl (C=O) groups excluding carboxylic acids is 2. The van der Waals surface area contributed by atoms with Crippen LogP contribution in [0, 0.1) is 28.6 Å². The Hall–Kier alpha value is -1.29. The SMILES string of the molecule is C\C=C/C(=C\S)C(=C1\C(=O)OC(=O)C12CC1CCC3CCC31C2)/C1CC1. The van der Waals surface area contributed by atoms with Gasteiger partial charge in [-0.25, -0.2) is 4.79 Å². The van der Waals surface area contributed by atoms with Crippen LogP contribution in [-0.4, -0.2) is 11.9 Å². The fraction of sp³-hybridized carbons (Fsp3) is 0.636. The Bertz CT molecular complexity index is 787. The van der Waals surface area contributed by atoms with Crippen LogP contribution in [0.2, 0.25) is 0 Å². The third-order valence-electron chi connectivity index (χ3n) is 7.98. The molecule has 2 spiro atoms. The molecule has 5 aliphatic rings. The Kier molecular flexibility index (Phi) is 3.63. The number of hydrogen-bond acceptors (Lipinski definition) is 4. The first kappa shape index (κ1) is 16.9. The van der Waals surface area contributed by atoms with Crippen molar-refractivity contribution in [2.75, 3.05) is 0 Å². The predicted octanol–water partition coefficient (Wildman–Crippen LogP) is 4.75. The van der Waals surface area contributed by atoms with Gasteiger partial charge in [0.1, 0.15) is 5.41 Å². The number of esters is 2. The monoisotopic (exact) mass is 370 g/mol. The highest BCUT2D eigenvalue weighted by atomic mass is 32.1. The van der Waals surface area contributed by atoms with Crippen LogP contribution in [0.3, 0.4) is 0 Å². The maximum absolute atomic E-state index is 13.0. The summed E-state index contributed by atoms with van der Waals surface area (Å²) < 4.78 is 5.30. The van der Waals surface area contributed by atoms with Gasteiger partial charge in [-0.2, -0.15) is 12.6 Å². The Balaban J connectivity index is 1.67. The van der Waals surface area contributed by atoms with E-state index in [1.54, 1.807) is 5.41 Å². The summed E-state index contributed by atoms with van der Waals surface area (Å²) in [5.41, 5.74) is 2.32. The molecule has 5 rings (SSSR count). The van der Waals surface area contributed by atoms with Crippen molar-refractivity contribution in [1.29, 1.82) is 0 Å². The van der Waals surface area contributed by atoms with Gasteiger partial charge in [-0.05, 0) is 98.0 Å². The molecule has 1 heterocycles. The van der Waals surface area contributed by atoms with Crippen LogP contribution in [0.5, 0.6) is 0 Å². The number of allylic oxidation sites excluding steroid dienone is 4. The molecule has 0 aromatic heterocycles. The summed E-state index contributed by atoms with van der Waals surface area (Å²) in [7, 11) is 0. The molecular weight excluding hydrogens is 344 g/mol. The van der Waals surface area contributed by atoms with Gasteiger partial charge in [0.15, 0.2) is 0 Å². The summed E-state index contributed by atoms with van der Waals surface area (Å²) in [6.45, 7) is 1.97. The van der Waals surface area contributed by atoms with Crippen LogP contribution in [0.15, 0.2) is 34.3 Å². The smallest absolute Gasteiger partial charge is 0.343 e. The van der Waals surface area contributed by atoms with Crippen molar-refractivity contribution in [3.05, 3.63) is 34.3 Å². The number of thiol groups is 1. The molecule has 0 amide bonds. The second-order valence-electron chi connectivity index (χ2n) is 9.03. The van der Waals surface area contributed by atoms with Crippen molar-refractivity contribution in [1.82, 2.24) is 0 Å². The lowest BCUT2D eigenvalue weighted by Crippen LogP contribution is -2.39. The van der Waals surface area contributed by atoms with Crippen LogP contribution in [0.1, 0.15) is 58.3 Å². The van der Waals surface area contributed by atoms with E-state index in [4.69, 9.17) is 4.74 Å². The Morgan fingerprint density at radius 3 is 2.50 bits per heavy atom. The number of ether oxygens (including phenoxy) is 1. The van der Waals surface area contributed by atoms with Crippen molar-refractivity contribution in [2.45, 2.75) is 58.3 Å². The van der Waals surface area contributed by atoms with Crippen LogP contribution in [0.4, 0.5) is 0 Å². The Morgan fingerprint density at radius 2 is 1.92 bits per heavy atom. The van der Waals surface area contributed by atoms with E-state index in [9.17, 15) is 9.59 Å². The molecule has 4 unspecified atom stereocenters. The number of cyclic esters (lactones) is 2. The first-order valence-electron chi connectivity index (χ1n) is 10.0. The highest BCUT2D eigenvalue weighted by Crippen LogP contribution is 2.74. The largest absolute Gasteiger partial charge is 0.389 e. The third kappa shape index (κ3) is 2.02. The maximum Gasteiger partial charge on any atom is 0.343 e. The molecule has 3 nitrogen and oxygen atoms in total. The minimum atomic E-state index is -0.692. The molecule has 0 aromatic carbocycles.